The van der Waals surface area contributed by atoms with Gasteiger partial charge in [0.15, 0.2) is 10.6 Å². The third-order valence-corrected chi connectivity index (χ3v) is 3.44. The van der Waals surface area contributed by atoms with Crippen LogP contribution in [-0.2, 0) is 14.5 Å². The van der Waals surface area contributed by atoms with Gasteiger partial charge in [0.1, 0.15) is 0 Å². The van der Waals surface area contributed by atoms with Crippen molar-refractivity contribution in [2.24, 2.45) is 0 Å². The maximum Gasteiger partial charge on any atom is 0.198 e. The number of carbonyl (C=O) groups excluding carboxylic acids is 1. The lowest BCUT2D eigenvalue weighted by molar-refractivity contribution is -0.108. The summed E-state index contributed by atoms with van der Waals surface area (Å²) >= 11 is 12.0. The van der Waals surface area contributed by atoms with Gasteiger partial charge in [-0.3, -0.25) is 4.79 Å². The summed E-state index contributed by atoms with van der Waals surface area (Å²) < 4.78 is -1.45. The Morgan fingerprint density at radius 1 is 1.06 bits per heavy atom. The van der Waals surface area contributed by atoms with Gasteiger partial charge < -0.3 is 0 Å². The van der Waals surface area contributed by atoms with E-state index in [9.17, 15) is 4.79 Å². The first-order chi connectivity index (χ1) is 7.59. The van der Waals surface area contributed by atoms with Gasteiger partial charge in [0.25, 0.3) is 0 Å². The third-order valence-electron chi connectivity index (χ3n) is 2.88. The smallest absolute Gasteiger partial charge is 0.198 e. The Bertz CT molecular complexity index is 419. The maximum absolute atomic E-state index is 10.9. The highest BCUT2D eigenvalue weighted by molar-refractivity contribution is 6.55. The lowest BCUT2D eigenvalue weighted by Crippen LogP contribution is -2.18. The number of aldehydes is 1. The molecule has 94 valence electrons. The number of rotatable bonds is 2. The van der Waals surface area contributed by atoms with Crippen molar-refractivity contribution in [2.45, 2.75) is 44.4 Å². The minimum atomic E-state index is -1.45. The van der Waals surface area contributed by atoms with Crippen LogP contribution in [-0.4, -0.2) is 6.29 Å². The Morgan fingerprint density at radius 3 is 1.76 bits per heavy atom. The first-order valence-electron chi connectivity index (χ1n) is 5.56. The van der Waals surface area contributed by atoms with E-state index in [4.69, 9.17) is 23.2 Å². The van der Waals surface area contributed by atoms with Crippen LogP contribution in [0.15, 0.2) is 12.1 Å². The molecule has 0 amide bonds. The Labute approximate surface area is 113 Å². The van der Waals surface area contributed by atoms with E-state index in [-0.39, 0.29) is 5.41 Å². The Morgan fingerprint density at radius 2 is 1.47 bits per heavy atom. The molecule has 0 unspecified atom stereocenters. The second-order valence-electron chi connectivity index (χ2n) is 5.48. The SMILES string of the molecule is Cc1cc(C(C)(C)C)cc(C)c1C(Cl)(Cl)C=O. The zero-order chi connectivity index (χ0) is 13.4. The van der Waals surface area contributed by atoms with Crippen molar-refractivity contribution < 1.29 is 4.79 Å². The quantitative estimate of drug-likeness (QED) is 0.575. The van der Waals surface area contributed by atoms with Gasteiger partial charge in [-0.15, -0.1) is 0 Å². The molecule has 0 N–H and O–H groups in total. The molecule has 0 spiro atoms. The molecule has 17 heavy (non-hydrogen) atoms. The fourth-order valence-electron chi connectivity index (χ4n) is 1.98. The first-order valence-corrected chi connectivity index (χ1v) is 6.31. The van der Waals surface area contributed by atoms with Gasteiger partial charge in [-0.25, -0.2) is 0 Å². The Kier molecular flexibility index (Phi) is 3.95. The van der Waals surface area contributed by atoms with Crippen molar-refractivity contribution in [1.29, 1.82) is 0 Å². The van der Waals surface area contributed by atoms with Gasteiger partial charge >= 0.3 is 0 Å². The molecule has 0 heterocycles. The number of benzene rings is 1. The normalized spacial score (nSPS) is 12.6. The first kappa shape index (κ1) is 14.5. The van der Waals surface area contributed by atoms with Crippen LogP contribution in [0.1, 0.15) is 43.0 Å². The van der Waals surface area contributed by atoms with Crippen LogP contribution in [0.4, 0.5) is 0 Å². The van der Waals surface area contributed by atoms with Crippen molar-refractivity contribution >= 4 is 29.5 Å². The van der Waals surface area contributed by atoms with Crippen LogP contribution < -0.4 is 0 Å². The second kappa shape index (κ2) is 4.62. The molecular weight excluding hydrogens is 255 g/mol. The molecule has 0 saturated carbocycles. The number of halogens is 2. The van der Waals surface area contributed by atoms with E-state index in [2.05, 4.69) is 20.8 Å². The zero-order valence-corrected chi connectivity index (χ0v) is 12.4. The van der Waals surface area contributed by atoms with Gasteiger partial charge in [-0.05, 0) is 36.0 Å². The van der Waals surface area contributed by atoms with Gasteiger partial charge in [-0.1, -0.05) is 56.1 Å². The van der Waals surface area contributed by atoms with Crippen LogP contribution in [0.2, 0.25) is 0 Å². The summed E-state index contributed by atoms with van der Waals surface area (Å²) in [4.78, 5) is 10.9. The van der Waals surface area contributed by atoms with E-state index in [1.165, 1.54) is 5.56 Å². The zero-order valence-electron chi connectivity index (χ0n) is 10.9. The van der Waals surface area contributed by atoms with Crippen molar-refractivity contribution in [3.05, 3.63) is 34.4 Å². The summed E-state index contributed by atoms with van der Waals surface area (Å²) in [5.74, 6) is 0. The topological polar surface area (TPSA) is 17.1 Å². The second-order valence-corrected chi connectivity index (χ2v) is 6.86. The van der Waals surface area contributed by atoms with Crippen LogP contribution in [0, 0.1) is 13.8 Å². The fraction of sp³-hybridized carbons (Fsp3) is 0.500. The molecule has 1 nitrogen and oxygen atoms in total. The number of alkyl halides is 2. The summed E-state index contributed by atoms with van der Waals surface area (Å²) in [7, 11) is 0. The molecule has 0 aliphatic carbocycles. The standard InChI is InChI=1S/C14H18Cl2O/c1-9-6-11(13(3,4)5)7-10(2)12(9)14(15,16)8-17/h6-8H,1-5H3. The van der Waals surface area contributed by atoms with E-state index in [1.807, 2.05) is 26.0 Å². The highest BCUT2D eigenvalue weighted by Crippen LogP contribution is 2.38. The van der Waals surface area contributed by atoms with E-state index in [0.717, 1.165) is 11.1 Å². The predicted molar refractivity (Wildman–Crippen MR) is 74.1 cm³/mol. The summed E-state index contributed by atoms with van der Waals surface area (Å²) in [6.07, 6.45) is 0.572. The Balaban J connectivity index is 3.45. The van der Waals surface area contributed by atoms with E-state index in [1.54, 1.807) is 0 Å². The minimum absolute atomic E-state index is 0.0660. The summed E-state index contributed by atoms with van der Waals surface area (Å²) in [6, 6.07) is 4.09. The maximum atomic E-state index is 10.9. The van der Waals surface area contributed by atoms with Gasteiger partial charge in [0, 0.05) is 5.56 Å². The van der Waals surface area contributed by atoms with Crippen molar-refractivity contribution in [3.63, 3.8) is 0 Å². The number of aryl methyl sites for hydroxylation is 2. The molecule has 1 aromatic carbocycles. The summed E-state index contributed by atoms with van der Waals surface area (Å²) in [5, 5.41) is 0. The predicted octanol–water partition coefficient (Wildman–Crippen LogP) is 4.43. The number of carbonyl (C=O) groups is 1. The van der Waals surface area contributed by atoms with Crippen LogP contribution >= 0.6 is 23.2 Å². The van der Waals surface area contributed by atoms with Gasteiger partial charge in [0.2, 0.25) is 0 Å². The number of hydrogen-bond acceptors (Lipinski definition) is 1. The molecule has 0 aliphatic heterocycles. The summed E-state index contributed by atoms with van der Waals surface area (Å²) in [6.45, 7) is 10.3. The molecule has 0 fully saturated rings. The minimum Gasteiger partial charge on any atom is -0.300 e. The molecule has 1 rings (SSSR count). The van der Waals surface area contributed by atoms with Crippen LogP contribution in [0.3, 0.4) is 0 Å². The molecule has 0 aromatic heterocycles. The van der Waals surface area contributed by atoms with E-state index >= 15 is 0 Å². The molecule has 0 bridgehead atoms. The molecule has 3 heteroatoms. The van der Waals surface area contributed by atoms with Crippen molar-refractivity contribution in [2.75, 3.05) is 0 Å². The lowest BCUT2D eigenvalue weighted by Gasteiger charge is -2.25. The largest absolute Gasteiger partial charge is 0.300 e. The molecule has 0 saturated heterocycles. The van der Waals surface area contributed by atoms with E-state index in [0.29, 0.717) is 11.8 Å². The van der Waals surface area contributed by atoms with Crippen LogP contribution in [0.25, 0.3) is 0 Å². The van der Waals surface area contributed by atoms with E-state index < -0.39 is 4.33 Å². The molecule has 0 radical (unpaired) electrons. The summed E-state index contributed by atoms with van der Waals surface area (Å²) in [5.41, 5.74) is 3.88. The number of hydrogen-bond donors (Lipinski definition) is 0. The molecular formula is C14H18Cl2O. The molecule has 0 atom stereocenters. The van der Waals surface area contributed by atoms with Gasteiger partial charge in [-0.2, -0.15) is 0 Å². The molecule has 0 aliphatic rings. The fourth-order valence-corrected chi connectivity index (χ4v) is 2.58. The average Bonchev–Trinajstić information content (AvgIpc) is 2.14. The lowest BCUT2D eigenvalue weighted by atomic mass is 9.83. The monoisotopic (exact) mass is 272 g/mol. The molecule has 1 aromatic rings. The highest BCUT2D eigenvalue weighted by atomic mass is 35.5. The van der Waals surface area contributed by atoms with Gasteiger partial charge in [0.05, 0.1) is 0 Å². The highest BCUT2D eigenvalue weighted by Gasteiger charge is 2.30. The van der Waals surface area contributed by atoms with Crippen molar-refractivity contribution in [3.8, 4) is 0 Å². The Hall–Kier alpha value is -0.530. The van der Waals surface area contributed by atoms with Crippen molar-refractivity contribution in [1.82, 2.24) is 0 Å². The van der Waals surface area contributed by atoms with Crippen LogP contribution in [0.5, 0.6) is 0 Å². The average molecular weight is 273 g/mol. The third kappa shape index (κ3) is 3.02.